The fourth-order valence-corrected chi connectivity index (χ4v) is 5.82. The number of benzene rings is 2. The van der Waals surface area contributed by atoms with E-state index in [9.17, 15) is 19.2 Å². The Balaban J connectivity index is 1.15. The Morgan fingerprint density at radius 3 is 1.30 bits per heavy atom. The van der Waals surface area contributed by atoms with E-state index < -0.39 is 11.9 Å². The summed E-state index contributed by atoms with van der Waals surface area (Å²) in [6.07, 6.45) is 7.78. The molecule has 4 atom stereocenters. The van der Waals surface area contributed by atoms with Crippen molar-refractivity contribution >= 4 is 23.9 Å². The van der Waals surface area contributed by atoms with Gasteiger partial charge in [-0.15, -0.1) is 0 Å². The molecule has 0 spiro atoms. The number of unbranched alkanes of at least 4 members (excludes halogenated alkanes) is 2. The van der Waals surface area contributed by atoms with Crippen molar-refractivity contribution < 1.29 is 47.6 Å². The molecule has 2 aromatic rings. The fraction of sp³-hybridized carbons (Fsp3) is 0.444. The minimum Gasteiger partial charge on any atom is -0.494 e. The van der Waals surface area contributed by atoms with Crippen molar-refractivity contribution in [3.63, 3.8) is 0 Å². The number of carbonyl (C=O) groups excluding carboxylic acids is 4. The minimum absolute atomic E-state index is 0.158. The van der Waals surface area contributed by atoms with Crippen molar-refractivity contribution in [1.29, 1.82) is 0 Å². The Morgan fingerprint density at radius 2 is 0.935 bits per heavy atom. The van der Waals surface area contributed by atoms with E-state index in [1.807, 2.05) is 0 Å². The molecule has 0 heterocycles. The lowest BCUT2D eigenvalue weighted by atomic mass is 9.98. The van der Waals surface area contributed by atoms with Gasteiger partial charge in [0.05, 0.1) is 37.6 Å². The van der Waals surface area contributed by atoms with E-state index in [-0.39, 0.29) is 36.0 Å². The third kappa shape index (κ3) is 10.2. The van der Waals surface area contributed by atoms with Crippen molar-refractivity contribution in [3.05, 3.63) is 85.0 Å². The number of hydrogen-bond acceptors (Lipinski definition) is 10. The van der Waals surface area contributed by atoms with Gasteiger partial charge in [0.1, 0.15) is 23.7 Å². The number of fused-ring (bicyclic) bond motifs is 1. The van der Waals surface area contributed by atoms with Gasteiger partial charge in [-0.25, -0.2) is 19.2 Å². The Morgan fingerprint density at radius 1 is 0.565 bits per heavy atom. The average molecular weight is 635 g/mol. The van der Waals surface area contributed by atoms with E-state index in [4.69, 9.17) is 28.4 Å². The first-order valence-corrected chi connectivity index (χ1v) is 15.8. The van der Waals surface area contributed by atoms with Crippen molar-refractivity contribution in [2.45, 2.75) is 63.6 Å². The summed E-state index contributed by atoms with van der Waals surface area (Å²) >= 11 is 0. The summed E-state index contributed by atoms with van der Waals surface area (Å²) in [6.45, 7) is 8.27. The topological polar surface area (TPSA) is 124 Å². The molecule has 0 aliphatic heterocycles. The van der Waals surface area contributed by atoms with Gasteiger partial charge >= 0.3 is 23.9 Å². The van der Waals surface area contributed by atoms with Crippen LogP contribution in [0.5, 0.6) is 11.5 Å². The van der Waals surface area contributed by atoms with Gasteiger partial charge in [-0.1, -0.05) is 13.2 Å². The molecule has 0 aromatic heterocycles. The van der Waals surface area contributed by atoms with Gasteiger partial charge in [0, 0.05) is 24.0 Å². The third-order valence-corrected chi connectivity index (χ3v) is 8.21. The molecule has 46 heavy (non-hydrogen) atoms. The summed E-state index contributed by atoms with van der Waals surface area (Å²) in [6, 6.07) is 13.7. The lowest BCUT2D eigenvalue weighted by Gasteiger charge is -2.21. The minimum atomic E-state index is -0.436. The molecule has 2 fully saturated rings. The van der Waals surface area contributed by atoms with E-state index in [0.717, 1.165) is 50.7 Å². The van der Waals surface area contributed by atoms with Crippen LogP contribution in [0.1, 0.15) is 72.1 Å². The van der Waals surface area contributed by atoms with Crippen LogP contribution in [0.4, 0.5) is 0 Å². The van der Waals surface area contributed by atoms with Crippen molar-refractivity contribution in [2.24, 2.45) is 11.8 Å². The van der Waals surface area contributed by atoms with Crippen molar-refractivity contribution in [1.82, 2.24) is 0 Å². The maximum Gasteiger partial charge on any atom is 0.338 e. The molecule has 2 aromatic carbocycles. The largest absolute Gasteiger partial charge is 0.494 e. The Bertz CT molecular complexity index is 1230. The second-order valence-corrected chi connectivity index (χ2v) is 11.3. The average Bonchev–Trinajstić information content (AvgIpc) is 3.67. The highest BCUT2D eigenvalue weighted by Gasteiger charge is 2.48. The SMILES string of the molecule is C=CC(=O)OCCCCOc1ccc(C(=O)O[C@H]2CC[C@@H]3[C@H]2CC[C@@H]3OC(=O)c2ccc(OCCCCOC(=O)C=C)cc2)cc1. The Kier molecular flexibility index (Phi) is 13.2. The summed E-state index contributed by atoms with van der Waals surface area (Å²) in [7, 11) is 0. The van der Waals surface area contributed by atoms with Gasteiger partial charge < -0.3 is 28.4 Å². The van der Waals surface area contributed by atoms with Crippen molar-refractivity contribution in [2.75, 3.05) is 26.4 Å². The molecule has 0 amide bonds. The van der Waals surface area contributed by atoms with Crippen LogP contribution < -0.4 is 9.47 Å². The second-order valence-electron chi connectivity index (χ2n) is 11.3. The van der Waals surface area contributed by atoms with Gasteiger partial charge in [-0.2, -0.15) is 0 Å². The van der Waals surface area contributed by atoms with E-state index in [0.29, 0.717) is 61.9 Å². The van der Waals surface area contributed by atoms with E-state index in [1.54, 1.807) is 48.5 Å². The summed E-state index contributed by atoms with van der Waals surface area (Å²) in [5.41, 5.74) is 0.907. The van der Waals surface area contributed by atoms with Crippen LogP contribution in [-0.4, -0.2) is 62.5 Å². The smallest absolute Gasteiger partial charge is 0.338 e. The monoisotopic (exact) mass is 634 g/mol. The van der Waals surface area contributed by atoms with Crippen LogP contribution in [0.3, 0.4) is 0 Å². The fourth-order valence-electron chi connectivity index (χ4n) is 5.82. The van der Waals surface area contributed by atoms with Gasteiger partial charge in [0.25, 0.3) is 0 Å². The normalized spacial score (nSPS) is 19.7. The maximum atomic E-state index is 12.9. The molecule has 0 unspecified atom stereocenters. The highest BCUT2D eigenvalue weighted by Crippen LogP contribution is 2.47. The van der Waals surface area contributed by atoms with E-state index >= 15 is 0 Å². The highest BCUT2D eigenvalue weighted by molar-refractivity contribution is 5.90. The zero-order valence-electron chi connectivity index (χ0n) is 26.1. The highest BCUT2D eigenvalue weighted by atomic mass is 16.6. The number of hydrogen-bond donors (Lipinski definition) is 0. The molecule has 0 saturated heterocycles. The second kappa shape index (κ2) is 17.8. The first-order valence-electron chi connectivity index (χ1n) is 15.8. The van der Waals surface area contributed by atoms with Crippen LogP contribution in [0.25, 0.3) is 0 Å². The third-order valence-electron chi connectivity index (χ3n) is 8.21. The molecule has 2 aliphatic rings. The maximum absolute atomic E-state index is 12.9. The molecule has 10 heteroatoms. The van der Waals surface area contributed by atoms with Gasteiger partial charge in [-0.05, 0) is 99.9 Å². The van der Waals surface area contributed by atoms with Crippen LogP contribution in [0.15, 0.2) is 73.8 Å². The van der Waals surface area contributed by atoms with E-state index in [1.165, 1.54) is 0 Å². The van der Waals surface area contributed by atoms with Crippen LogP contribution in [0.2, 0.25) is 0 Å². The molecule has 246 valence electrons. The molecular weight excluding hydrogens is 592 g/mol. The number of ether oxygens (including phenoxy) is 6. The Hall–Kier alpha value is -4.60. The predicted molar refractivity (Wildman–Crippen MR) is 169 cm³/mol. The summed E-state index contributed by atoms with van der Waals surface area (Å²) < 4.78 is 33.1. The molecule has 4 rings (SSSR count). The molecular formula is C36H42O10. The molecule has 0 N–H and O–H groups in total. The molecule has 2 aliphatic carbocycles. The van der Waals surface area contributed by atoms with Crippen LogP contribution >= 0.6 is 0 Å². The molecule has 10 nitrogen and oxygen atoms in total. The van der Waals surface area contributed by atoms with Crippen LogP contribution in [0, 0.1) is 11.8 Å². The Labute approximate surface area is 269 Å². The predicted octanol–water partition coefficient (Wildman–Crippen LogP) is 6.03. The lowest BCUT2D eigenvalue weighted by molar-refractivity contribution is -0.138. The van der Waals surface area contributed by atoms with Gasteiger partial charge in [0.15, 0.2) is 0 Å². The summed E-state index contributed by atoms with van der Waals surface area (Å²) in [5, 5.41) is 0. The molecule has 2 saturated carbocycles. The van der Waals surface area contributed by atoms with Gasteiger partial charge in [-0.3, -0.25) is 0 Å². The quantitative estimate of drug-likeness (QED) is 0.0831. The number of esters is 4. The lowest BCUT2D eigenvalue weighted by Crippen LogP contribution is -2.26. The van der Waals surface area contributed by atoms with Gasteiger partial charge in [0.2, 0.25) is 0 Å². The van der Waals surface area contributed by atoms with Crippen molar-refractivity contribution in [3.8, 4) is 11.5 Å². The molecule has 0 radical (unpaired) electrons. The number of carbonyl (C=O) groups is 4. The first-order chi connectivity index (χ1) is 22.4. The standard InChI is InChI=1S/C36H42O10/c1-3-33(37)43-23-7-5-21-41-27-13-9-25(10-14-27)35(39)45-31-19-17-30-29(31)18-20-32(30)46-36(40)26-11-15-28(16-12-26)42-22-6-8-24-44-34(38)4-2/h3-4,9-16,29-32H,1-2,5-8,17-24H2/t29-,30-,31+,32+/m1/s1. The zero-order valence-corrected chi connectivity index (χ0v) is 26.1. The summed E-state index contributed by atoms with van der Waals surface area (Å²) in [5.74, 6) is -0.0202. The molecule has 0 bridgehead atoms. The van der Waals surface area contributed by atoms with Crippen LogP contribution in [-0.2, 0) is 28.5 Å². The zero-order chi connectivity index (χ0) is 32.7. The first kappa shape index (κ1) is 34.3. The van der Waals surface area contributed by atoms with E-state index in [2.05, 4.69) is 13.2 Å². The summed E-state index contributed by atoms with van der Waals surface area (Å²) in [4.78, 5) is 47.9. The number of rotatable bonds is 18.